The molecule has 2 heteroatoms. The summed E-state index contributed by atoms with van der Waals surface area (Å²) in [4.78, 5) is 4.42. The Balaban J connectivity index is 2.04. The molecule has 0 saturated heterocycles. The fourth-order valence-electron chi connectivity index (χ4n) is 1.95. The number of hydrogen-bond acceptors (Lipinski definition) is 2. The maximum atomic E-state index is 4.42. The maximum absolute atomic E-state index is 4.42. The first-order chi connectivity index (χ1) is 8.83. The number of aryl methyl sites for hydroxylation is 2. The van der Waals surface area contributed by atoms with Crippen molar-refractivity contribution in [2.24, 2.45) is 0 Å². The number of aromatic nitrogens is 1. The molecule has 2 aromatic rings. The first-order valence-corrected chi connectivity index (χ1v) is 6.16. The lowest BCUT2D eigenvalue weighted by atomic mass is 10.1. The van der Waals surface area contributed by atoms with Crippen LogP contribution in [0.25, 0.3) is 6.08 Å². The lowest BCUT2D eigenvalue weighted by Crippen LogP contribution is -2.00. The summed E-state index contributed by atoms with van der Waals surface area (Å²) in [5.41, 5.74) is 4.72. The highest BCUT2D eigenvalue weighted by atomic mass is 14.9. The molecule has 1 aromatic carbocycles. The van der Waals surface area contributed by atoms with Gasteiger partial charge in [-0.05, 0) is 36.1 Å². The summed E-state index contributed by atoms with van der Waals surface area (Å²) in [6.07, 6.45) is 5.66. The van der Waals surface area contributed by atoms with Crippen molar-refractivity contribution in [3.8, 4) is 0 Å². The highest BCUT2D eigenvalue weighted by Crippen LogP contribution is 2.14. The van der Waals surface area contributed by atoms with Crippen LogP contribution in [0.4, 0.5) is 5.69 Å². The lowest BCUT2D eigenvalue weighted by Gasteiger charge is -2.07. The molecule has 0 aliphatic carbocycles. The minimum atomic E-state index is 0.949. The van der Waals surface area contributed by atoms with Gasteiger partial charge in [0.1, 0.15) is 0 Å². The van der Waals surface area contributed by atoms with E-state index in [4.69, 9.17) is 0 Å². The smallest absolute Gasteiger partial charge is 0.0637 e. The molecule has 1 heterocycles. The third kappa shape index (κ3) is 2.98. The van der Waals surface area contributed by atoms with Crippen LogP contribution in [0.15, 0.2) is 49.2 Å². The summed E-state index contributed by atoms with van der Waals surface area (Å²) in [6, 6.07) is 12.5. The molecule has 0 unspecified atom stereocenters. The van der Waals surface area contributed by atoms with Crippen LogP contribution in [-0.2, 0) is 12.8 Å². The Morgan fingerprint density at radius 1 is 1.17 bits per heavy atom. The largest absolute Gasteiger partial charge is 0.387 e. The highest BCUT2D eigenvalue weighted by molar-refractivity contribution is 5.48. The Kier molecular flexibility index (Phi) is 4.13. The zero-order valence-electron chi connectivity index (χ0n) is 10.7. The number of rotatable bonds is 5. The minimum Gasteiger partial charge on any atom is -0.387 e. The van der Waals surface area contributed by atoms with Crippen LogP contribution in [0.3, 0.4) is 0 Å². The quantitative estimate of drug-likeness (QED) is 0.861. The number of nitrogens with zero attached hydrogens (tertiary/aromatic N) is 1. The summed E-state index contributed by atoms with van der Waals surface area (Å²) in [7, 11) is 1.93. The van der Waals surface area contributed by atoms with Gasteiger partial charge in [-0.15, -0.1) is 0 Å². The Bertz CT molecular complexity index is 515. The van der Waals surface area contributed by atoms with Crippen LogP contribution in [-0.4, -0.2) is 12.0 Å². The van der Waals surface area contributed by atoms with Crippen LogP contribution in [0.2, 0.25) is 0 Å². The predicted molar refractivity (Wildman–Crippen MR) is 77.7 cm³/mol. The van der Waals surface area contributed by atoms with Crippen molar-refractivity contribution in [3.63, 3.8) is 0 Å². The maximum Gasteiger partial charge on any atom is 0.0637 e. The Morgan fingerprint density at radius 2 is 1.94 bits per heavy atom. The van der Waals surface area contributed by atoms with Gasteiger partial charge < -0.3 is 5.32 Å². The number of pyridine rings is 1. The predicted octanol–water partition coefficient (Wildman–Crippen LogP) is 3.55. The van der Waals surface area contributed by atoms with Crippen LogP contribution < -0.4 is 5.32 Å². The molecule has 2 nitrogen and oxygen atoms in total. The summed E-state index contributed by atoms with van der Waals surface area (Å²) in [5, 5.41) is 3.17. The van der Waals surface area contributed by atoms with Crippen LogP contribution in [0.5, 0.6) is 0 Å². The number of hydrogen-bond donors (Lipinski definition) is 1. The first-order valence-electron chi connectivity index (χ1n) is 6.16. The van der Waals surface area contributed by atoms with E-state index < -0.39 is 0 Å². The van der Waals surface area contributed by atoms with E-state index in [0.717, 1.165) is 29.8 Å². The molecule has 18 heavy (non-hydrogen) atoms. The van der Waals surface area contributed by atoms with Crippen molar-refractivity contribution in [2.75, 3.05) is 12.4 Å². The second-order valence-corrected chi connectivity index (χ2v) is 4.19. The lowest BCUT2D eigenvalue weighted by molar-refractivity contribution is 0.915. The fourth-order valence-corrected chi connectivity index (χ4v) is 1.95. The van der Waals surface area contributed by atoms with Crippen molar-refractivity contribution in [2.45, 2.75) is 12.8 Å². The molecule has 0 bridgehead atoms. The monoisotopic (exact) mass is 238 g/mol. The van der Waals surface area contributed by atoms with E-state index in [1.54, 1.807) is 0 Å². The second kappa shape index (κ2) is 6.01. The Morgan fingerprint density at radius 3 is 2.61 bits per heavy atom. The highest BCUT2D eigenvalue weighted by Gasteiger charge is 2.02. The van der Waals surface area contributed by atoms with E-state index in [1.807, 2.05) is 25.4 Å². The topological polar surface area (TPSA) is 24.9 Å². The van der Waals surface area contributed by atoms with Gasteiger partial charge in [0.25, 0.3) is 0 Å². The van der Waals surface area contributed by atoms with E-state index >= 15 is 0 Å². The number of benzene rings is 1. The molecule has 0 spiro atoms. The van der Waals surface area contributed by atoms with Gasteiger partial charge in [0.2, 0.25) is 0 Å². The van der Waals surface area contributed by atoms with Crippen molar-refractivity contribution < 1.29 is 0 Å². The second-order valence-electron chi connectivity index (χ2n) is 4.19. The molecule has 1 N–H and O–H groups in total. The normalized spacial score (nSPS) is 10.1. The summed E-state index contributed by atoms with van der Waals surface area (Å²) < 4.78 is 0. The van der Waals surface area contributed by atoms with Crippen LogP contribution >= 0.6 is 0 Å². The SMILES string of the molecule is C=Cc1ccc(CCc2ncccc2NC)cc1. The van der Waals surface area contributed by atoms with Gasteiger partial charge in [-0.3, -0.25) is 4.98 Å². The molecule has 2 rings (SSSR count). The van der Waals surface area contributed by atoms with E-state index in [2.05, 4.69) is 47.2 Å². The van der Waals surface area contributed by atoms with E-state index in [1.165, 1.54) is 5.56 Å². The molecule has 92 valence electrons. The third-order valence-corrected chi connectivity index (χ3v) is 3.03. The standard InChI is InChI=1S/C16H18N2/c1-3-13-6-8-14(9-7-13)10-11-16-15(17-2)5-4-12-18-16/h3-9,12,17H,1,10-11H2,2H3. The van der Waals surface area contributed by atoms with Gasteiger partial charge in [-0.25, -0.2) is 0 Å². The molecular weight excluding hydrogens is 220 g/mol. The van der Waals surface area contributed by atoms with Gasteiger partial charge in [-0.1, -0.05) is 36.9 Å². The van der Waals surface area contributed by atoms with Crippen molar-refractivity contribution in [1.29, 1.82) is 0 Å². The molecule has 0 atom stereocenters. The zero-order valence-corrected chi connectivity index (χ0v) is 10.7. The molecule has 0 fully saturated rings. The Hall–Kier alpha value is -2.09. The number of anilines is 1. The van der Waals surface area contributed by atoms with Gasteiger partial charge in [0, 0.05) is 13.2 Å². The van der Waals surface area contributed by atoms with Crippen molar-refractivity contribution in [1.82, 2.24) is 4.98 Å². The summed E-state index contributed by atoms with van der Waals surface area (Å²) in [5.74, 6) is 0. The molecule has 0 radical (unpaired) electrons. The van der Waals surface area contributed by atoms with Gasteiger partial charge in [-0.2, -0.15) is 0 Å². The molecule has 1 aromatic heterocycles. The van der Waals surface area contributed by atoms with Gasteiger partial charge >= 0.3 is 0 Å². The van der Waals surface area contributed by atoms with E-state index in [0.29, 0.717) is 0 Å². The molecular formula is C16H18N2. The van der Waals surface area contributed by atoms with Crippen LogP contribution in [0.1, 0.15) is 16.8 Å². The fraction of sp³-hybridized carbons (Fsp3) is 0.188. The van der Waals surface area contributed by atoms with Crippen molar-refractivity contribution >= 4 is 11.8 Å². The number of nitrogens with one attached hydrogen (secondary N) is 1. The molecule has 0 saturated carbocycles. The first kappa shape index (κ1) is 12.4. The van der Waals surface area contributed by atoms with E-state index in [9.17, 15) is 0 Å². The molecule has 0 aliphatic heterocycles. The zero-order chi connectivity index (χ0) is 12.8. The van der Waals surface area contributed by atoms with Gasteiger partial charge in [0.05, 0.1) is 11.4 Å². The molecule has 0 aliphatic rings. The van der Waals surface area contributed by atoms with Crippen LogP contribution in [0, 0.1) is 0 Å². The van der Waals surface area contributed by atoms with Crippen molar-refractivity contribution in [3.05, 3.63) is 66.0 Å². The summed E-state index contributed by atoms with van der Waals surface area (Å²) >= 11 is 0. The average Bonchev–Trinajstić information content (AvgIpc) is 2.46. The molecule has 0 amide bonds. The van der Waals surface area contributed by atoms with E-state index in [-0.39, 0.29) is 0 Å². The van der Waals surface area contributed by atoms with Gasteiger partial charge in [0.15, 0.2) is 0 Å². The Labute approximate surface area is 108 Å². The third-order valence-electron chi connectivity index (χ3n) is 3.03. The average molecular weight is 238 g/mol. The minimum absolute atomic E-state index is 0.949. The summed E-state index contributed by atoms with van der Waals surface area (Å²) in [6.45, 7) is 3.76.